The van der Waals surface area contributed by atoms with E-state index in [1.54, 1.807) is 11.3 Å². The lowest BCUT2D eigenvalue weighted by Gasteiger charge is -2.08. The summed E-state index contributed by atoms with van der Waals surface area (Å²) in [4.78, 5) is 11.7. The maximum absolute atomic E-state index is 11.7. The van der Waals surface area contributed by atoms with Crippen LogP contribution in [0.3, 0.4) is 0 Å². The fourth-order valence-corrected chi connectivity index (χ4v) is 4.95. The number of alkyl carbamates (subject to hydrolysis) is 1. The zero-order chi connectivity index (χ0) is 26.5. The summed E-state index contributed by atoms with van der Waals surface area (Å²) in [5, 5.41) is 4.90. The van der Waals surface area contributed by atoms with Crippen molar-refractivity contribution in [2.75, 3.05) is 33.2 Å². The molecular weight excluding hydrogens is 484 g/mol. The van der Waals surface area contributed by atoms with Crippen LogP contribution in [0.2, 0.25) is 0 Å². The summed E-state index contributed by atoms with van der Waals surface area (Å²) in [6, 6.07) is 0. The lowest BCUT2D eigenvalue weighted by atomic mass is 10.0. The molecule has 0 saturated carbocycles. The van der Waals surface area contributed by atoms with Crippen LogP contribution in [-0.2, 0) is 20.8 Å². The quantitative estimate of drug-likeness (QED) is 0.0660. The minimum atomic E-state index is -0.388. The van der Waals surface area contributed by atoms with Crippen molar-refractivity contribution in [1.29, 1.82) is 0 Å². The summed E-state index contributed by atoms with van der Waals surface area (Å²) in [6.45, 7) is 6.01. The highest BCUT2D eigenvalue weighted by Crippen LogP contribution is 2.13. The van der Waals surface area contributed by atoms with Crippen molar-refractivity contribution < 1.29 is 23.6 Å². The van der Waals surface area contributed by atoms with Gasteiger partial charge in [0.1, 0.15) is 6.54 Å². The van der Waals surface area contributed by atoms with Gasteiger partial charge in [-0.05, 0) is 19.3 Å². The van der Waals surface area contributed by atoms with Gasteiger partial charge in [0.25, 0.3) is 0 Å². The van der Waals surface area contributed by atoms with Crippen LogP contribution in [0.5, 0.6) is 0 Å². The Morgan fingerprint density at radius 3 is 1.86 bits per heavy atom. The monoisotopic (exact) mass is 541 g/mol. The van der Waals surface area contributed by atoms with E-state index in [1.165, 1.54) is 96.3 Å². The first-order chi connectivity index (χ1) is 18.3. The molecule has 0 unspecified atom stereocenters. The summed E-state index contributed by atoms with van der Waals surface area (Å²) in [6.07, 6.45) is 26.3. The van der Waals surface area contributed by atoms with Gasteiger partial charge in [-0.1, -0.05) is 115 Å². The Hall–Kier alpha value is -1.18. The van der Waals surface area contributed by atoms with E-state index in [9.17, 15) is 4.79 Å². The van der Waals surface area contributed by atoms with E-state index in [4.69, 9.17) is 14.2 Å². The van der Waals surface area contributed by atoms with Crippen LogP contribution in [0.4, 0.5) is 4.79 Å². The summed E-state index contributed by atoms with van der Waals surface area (Å²) in [5.41, 5.74) is 2.13. The van der Waals surface area contributed by atoms with Gasteiger partial charge in [-0.3, -0.25) is 0 Å². The predicted molar refractivity (Wildman–Crippen MR) is 154 cm³/mol. The van der Waals surface area contributed by atoms with Gasteiger partial charge in [0, 0.05) is 26.2 Å². The van der Waals surface area contributed by atoms with Gasteiger partial charge in [0.05, 0.1) is 12.0 Å². The summed E-state index contributed by atoms with van der Waals surface area (Å²) >= 11 is 1.72. The third-order valence-electron chi connectivity index (χ3n) is 6.63. The molecule has 0 atom stereocenters. The molecule has 0 fully saturated rings. The summed E-state index contributed by atoms with van der Waals surface area (Å²) < 4.78 is 18.2. The number of hydrogen-bond donors (Lipinski definition) is 1. The zero-order valence-corrected chi connectivity index (χ0v) is 24.7. The van der Waals surface area contributed by atoms with E-state index in [0.717, 1.165) is 38.8 Å². The molecule has 6 nitrogen and oxygen atoms in total. The van der Waals surface area contributed by atoms with Crippen LogP contribution < -0.4 is 9.88 Å². The number of unbranched alkanes of at least 4 members (excludes halogenated alkanes) is 16. The number of carbonyl (C=O) groups is 1. The number of hydrogen-bond acceptors (Lipinski definition) is 5. The summed E-state index contributed by atoms with van der Waals surface area (Å²) in [7, 11) is 0. The maximum Gasteiger partial charge on any atom is 0.409 e. The fraction of sp³-hybridized carbons (Fsp3) is 0.867. The lowest BCUT2D eigenvalue weighted by Crippen LogP contribution is -2.29. The van der Waals surface area contributed by atoms with Crippen LogP contribution >= 0.6 is 11.3 Å². The molecule has 0 aromatic carbocycles. The molecule has 7 heteroatoms. The molecule has 1 aromatic rings. The van der Waals surface area contributed by atoms with Crippen molar-refractivity contribution >= 4 is 17.4 Å². The number of aromatic nitrogens is 1. The topological polar surface area (TPSA) is 60.7 Å². The van der Waals surface area contributed by atoms with E-state index in [1.807, 2.05) is 0 Å². The van der Waals surface area contributed by atoms with Crippen molar-refractivity contribution in [1.82, 2.24) is 5.32 Å². The Morgan fingerprint density at radius 1 is 0.703 bits per heavy atom. The van der Waals surface area contributed by atoms with Gasteiger partial charge in [-0.2, -0.15) is 4.57 Å². The van der Waals surface area contributed by atoms with Gasteiger partial charge >= 0.3 is 6.09 Å². The molecule has 1 amide bonds. The number of aryl methyl sites for hydroxylation is 1. The standard InChI is InChI=1S/C30H56N2O4S/c1-2-3-4-5-6-7-8-9-10-11-12-13-14-15-16-17-21-31-30(33)36-29-35-26-20-25-34-24-19-18-22-32-23-27-37-28-32/h23,27-28H,2-22,24-26,29H2,1H3/p+1. The number of ether oxygens (including phenoxy) is 3. The molecule has 0 radical (unpaired) electrons. The van der Waals surface area contributed by atoms with Gasteiger partial charge in [0.2, 0.25) is 5.51 Å². The zero-order valence-electron chi connectivity index (χ0n) is 23.9. The number of amides is 1. The molecule has 0 saturated heterocycles. The second kappa shape index (κ2) is 27.8. The normalized spacial score (nSPS) is 11.2. The number of carbonyl (C=O) groups excluding carboxylic acids is 1. The molecule has 1 heterocycles. The third-order valence-corrected chi connectivity index (χ3v) is 7.30. The molecule has 1 N–H and O–H groups in total. The molecule has 0 spiro atoms. The fourth-order valence-electron chi connectivity index (χ4n) is 4.32. The average Bonchev–Trinajstić information content (AvgIpc) is 3.42. The lowest BCUT2D eigenvalue weighted by molar-refractivity contribution is -0.692. The van der Waals surface area contributed by atoms with Crippen LogP contribution in [0, 0.1) is 0 Å². The maximum atomic E-state index is 11.7. The van der Waals surface area contributed by atoms with Gasteiger partial charge in [-0.25, -0.2) is 4.79 Å². The molecule has 0 aliphatic carbocycles. The van der Waals surface area contributed by atoms with Crippen molar-refractivity contribution in [2.24, 2.45) is 0 Å². The van der Waals surface area contributed by atoms with Crippen LogP contribution in [0.15, 0.2) is 17.1 Å². The second-order valence-electron chi connectivity index (χ2n) is 10.1. The molecule has 0 aliphatic rings. The van der Waals surface area contributed by atoms with Gasteiger partial charge in [-0.15, -0.1) is 0 Å². The number of rotatable bonds is 28. The van der Waals surface area contributed by atoms with E-state index in [-0.39, 0.29) is 12.9 Å². The minimum Gasteiger partial charge on any atom is -0.422 e. The number of thiazole rings is 1. The van der Waals surface area contributed by atoms with Crippen molar-refractivity contribution in [2.45, 2.75) is 135 Å². The molecule has 216 valence electrons. The highest BCUT2D eigenvalue weighted by molar-refractivity contribution is 7.07. The Balaban J connectivity index is 1.68. The van der Waals surface area contributed by atoms with E-state index >= 15 is 0 Å². The molecule has 1 rings (SSSR count). The van der Waals surface area contributed by atoms with E-state index < -0.39 is 0 Å². The largest absolute Gasteiger partial charge is 0.422 e. The Bertz CT molecular complexity index is 586. The second-order valence-corrected chi connectivity index (χ2v) is 10.9. The Labute approximate surface area is 231 Å². The molecule has 0 bridgehead atoms. The number of nitrogens with zero attached hydrogens (tertiary/aromatic N) is 1. The molecule has 0 aliphatic heterocycles. The van der Waals surface area contributed by atoms with Crippen molar-refractivity contribution in [3.8, 4) is 0 Å². The smallest absolute Gasteiger partial charge is 0.409 e. The Morgan fingerprint density at radius 2 is 1.27 bits per heavy atom. The number of nitrogens with one attached hydrogen (secondary N) is 1. The Kier molecular flexibility index (Phi) is 25.5. The third kappa shape index (κ3) is 24.9. The first kappa shape index (κ1) is 33.8. The highest BCUT2D eigenvalue weighted by atomic mass is 32.1. The van der Waals surface area contributed by atoms with E-state index in [2.05, 4.69) is 33.9 Å². The van der Waals surface area contributed by atoms with Crippen LogP contribution in [-0.4, -0.2) is 39.3 Å². The average molecular weight is 542 g/mol. The van der Waals surface area contributed by atoms with Crippen LogP contribution in [0.25, 0.3) is 0 Å². The van der Waals surface area contributed by atoms with Crippen molar-refractivity contribution in [3.63, 3.8) is 0 Å². The minimum absolute atomic E-state index is 0.00264. The first-order valence-electron chi connectivity index (χ1n) is 15.3. The summed E-state index contributed by atoms with van der Waals surface area (Å²) in [5.74, 6) is 0. The SMILES string of the molecule is CCCCCCCCCCCCCCCCCCNC(=O)OCOCCCOCCCC[n+]1ccsc1. The molecule has 37 heavy (non-hydrogen) atoms. The predicted octanol–water partition coefficient (Wildman–Crippen LogP) is 8.18. The van der Waals surface area contributed by atoms with E-state index in [0.29, 0.717) is 19.8 Å². The molecule has 1 aromatic heterocycles. The van der Waals surface area contributed by atoms with Crippen LogP contribution in [0.1, 0.15) is 129 Å². The first-order valence-corrected chi connectivity index (χ1v) is 16.2. The van der Waals surface area contributed by atoms with Gasteiger partial charge < -0.3 is 19.5 Å². The van der Waals surface area contributed by atoms with Gasteiger partial charge in [0.15, 0.2) is 13.0 Å². The van der Waals surface area contributed by atoms with Crippen molar-refractivity contribution in [3.05, 3.63) is 17.1 Å². The highest BCUT2D eigenvalue weighted by Gasteiger charge is 2.02. The molecular formula is C30H57N2O4S+.